The number of methoxy groups -OCH3 is 1. The molecule has 1 rings (SSSR count). The molecule has 1 N–H and O–H groups in total. The SMILES string of the molecule is COc1ccc(CNCC(Cl)C(C)C)cc1. The molecule has 1 atom stereocenters. The van der Waals surface area contributed by atoms with Gasteiger partial charge >= 0.3 is 0 Å². The zero-order valence-corrected chi connectivity index (χ0v) is 10.9. The topological polar surface area (TPSA) is 21.3 Å². The van der Waals surface area contributed by atoms with Gasteiger partial charge in [-0.05, 0) is 23.6 Å². The molecule has 1 unspecified atom stereocenters. The normalized spacial score (nSPS) is 12.8. The summed E-state index contributed by atoms with van der Waals surface area (Å²) in [6.45, 7) is 5.95. The Labute approximate surface area is 103 Å². The molecule has 0 radical (unpaired) electrons. The molecule has 90 valence electrons. The Bertz CT molecular complexity index is 297. The number of rotatable bonds is 6. The molecule has 0 aromatic heterocycles. The van der Waals surface area contributed by atoms with Crippen molar-refractivity contribution in [1.82, 2.24) is 5.32 Å². The first-order chi connectivity index (χ1) is 7.63. The standard InChI is InChI=1S/C13H20ClNO/c1-10(2)13(14)9-15-8-11-4-6-12(16-3)7-5-11/h4-7,10,13,15H,8-9H2,1-3H3. The zero-order chi connectivity index (χ0) is 12.0. The Hall–Kier alpha value is -0.730. The lowest BCUT2D eigenvalue weighted by Gasteiger charge is -2.14. The van der Waals surface area contributed by atoms with Gasteiger partial charge in [0.15, 0.2) is 0 Å². The zero-order valence-electron chi connectivity index (χ0n) is 10.2. The summed E-state index contributed by atoms with van der Waals surface area (Å²) in [5.74, 6) is 1.39. The molecule has 0 aliphatic heterocycles. The summed E-state index contributed by atoms with van der Waals surface area (Å²) in [5.41, 5.74) is 1.24. The highest BCUT2D eigenvalue weighted by Crippen LogP contribution is 2.11. The summed E-state index contributed by atoms with van der Waals surface area (Å²) >= 11 is 6.15. The van der Waals surface area contributed by atoms with Crippen LogP contribution in [0.4, 0.5) is 0 Å². The first-order valence-electron chi connectivity index (χ1n) is 5.61. The van der Waals surface area contributed by atoms with Crippen LogP contribution in [0.2, 0.25) is 0 Å². The van der Waals surface area contributed by atoms with Gasteiger partial charge in [0.25, 0.3) is 0 Å². The Morgan fingerprint density at radius 2 is 1.88 bits per heavy atom. The molecule has 0 fully saturated rings. The molecular weight excluding hydrogens is 222 g/mol. The van der Waals surface area contributed by atoms with E-state index in [4.69, 9.17) is 16.3 Å². The molecular formula is C13H20ClNO. The fourth-order valence-electron chi connectivity index (χ4n) is 1.33. The summed E-state index contributed by atoms with van der Waals surface area (Å²) < 4.78 is 5.10. The maximum Gasteiger partial charge on any atom is 0.118 e. The monoisotopic (exact) mass is 241 g/mol. The van der Waals surface area contributed by atoms with Crippen molar-refractivity contribution < 1.29 is 4.74 Å². The van der Waals surface area contributed by atoms with Gasteiger partial charge in [-0.15, -0.1) is 11.6 Å². The second kappa shape index (κ2) is 6.77. The molecule has 3 heteroatoms. The fourth-order valence-corrected chi connectivity index (χ4v) is 1.44. The predicted molar refractivity (Wildman–Crippen MR) is 69.2 cm³/mol. The summed E-state index contributed by atoms with van der Waals surface area (Å²) in [4.78, 5) is 0. The van der Waals surface area contributed by atoms with Crippen molar-refractivity contribution in [3.05, 3.63) is 29.8 Å². The number of hydrogen-bond donors (Lipinski definition) is 1. The number of halogens is 1. The van der Waals surface area contributed by atoms with Gasteiger partial charge in [-0.2, -0.15) is 0 Å². The lowest BCUT2D eigenvalue weighted by molar-refractivity contribution is 0.414. The van der Waals surface area contributed by atoms with Crippen molar-refractivity contribution in [3.8, 4) is 5.75 Å². The van der Waals surface area contributed by atoms with E-state index < -0.39 is 0 Å². The minimum absolute atomic E-state index is 0.193. The third-order valence-electron chi connectivity index (χ3n) is 2.55. The van der Waals surface area contributed by atoms with Crippen LogP contribution in [0, 0.1) is 5.92 Å². The van der Waals surface area contributed by atoms with E-state index in [1.54, 1.807) is 7.11 Å². The Morgan fingerprint density at radius 1 is 1.25 bits per heavy atom. The number of ether oxygens (including phenoxy) is 1. The fraction of sp³-hybridized carbons (Fsp3) is 0.538. The van der Waals surface area contributed by atoms with Gasteiger partial charge < -0.3 is 10.1 Å². The van der Waals surface area contributed by atoms with Gasteiger partial charge in [-0.3, -0.25) is 0 Å². The molecule has 0 saturated heterocycles. The van der Waals surface area contributed by atoms with Crippen LogP contribution in [0.3, 0.4) is 0 Å². The molecule has 0 saturated carbocycles. The molecule has 0 bridgehead atoms. The number of alkyl halides is 1. The third-order valence-corrected chi connectivity index (χ3v) is 3.21. The van der Waals surface area contributed by atoms with E-state index in [1.165, 1.54) is 5.56 Å². The van der Waals surface area contributed by atoms with Crippen LogP contribution in [0.1, 0.15) is 19.4 Å². The lowest BCUT2D eigenvalue weighted by atomic mass is 10.1. The van der Waals surface area contributed by atoms with Crippen LogP contribution in [-0.4, -0.2) is 19.0 Å². The van der Waals surface area contributed by atoms with Crippen LogP contribution >= 0.6 is 11.6 Å². The van der Waals surface area contributed by atoms with E-state index in [0.29, 0.717) is 5.92 Å². The molecule has 0 amide bonds. The van der Waals surface area contributed by atoms with E-state index in [-0.39, 0.29) is 5.38 Å². The summed E-state index contributed by atoms with van der Waals surface area (Å²) in [7, 11) is 1.67. The molecule has 2 nitrogen and oxygen atoms in total. The molecule has 0 aliphatic carbocycles. The van der Waals surface area contributed by atoms with Crippen molar-refractivity contribution in [2.75, 3.05) is 13.7 Å². The predicted octanol–water partition coefficient (Wildman–Crippen LogP) is 3.05. The maximum absolute atomic E-state index is 6.15. The van der Waals surface area contributed by atoms with Crippen LogP contribution < -0.4 is 10.1 Å². The summed E-state index contributed by atoms with van der Waals surface area (Å²) in [6, 6.07) is 8.06. The van der Waals surface area contributed by atoms with Gasteiger partial charge in [0.05, 0.1) is 7.11 Å². The minimum Gasteiger partial charge on any atom is -0.497 e. The van der Waals surface area contributed by atoms with Gasteiger partial charge in [0.2, 0.25) is 0 Å². The molecule has 0 heterocycles. The van der Waals surface area contributed by atoms with Crippen molar-refractivity contribution in [3.63, 3.8) is 0 Å². The third kappa shape index (κ3) is 4.42. The average Bonchev–Trinajstić information content (AvgIpc) is 2.29. The Balaban J connectivity index is 2.31. The number of benzene rings is 1. The van der Waals surface area contributed by atoms with Crippen molar-refractivity contribution in [2.45, 2.75) is 25.8 Å². The number of nitrogens with one attached hydrogen (secondary N) is 1. The highest BCUT2D eigenvalue weighted by molar-refractivity contribution is 6.20. The largest absolute Gasteiger partial charge is 0.497 e. The lowest BCUT2D eigenvalue weighted by Crippen LogP contribution is -2.26. The quantitative estimate of drug-likeness (QED) is 0.773. The highest BCUT2D eigenvalue weighted by atomic mass is 35.5. The van der Waals surface area contributed by atoms with E-state index in [2.05, 4.69) is 31.3 Å². The summed E-state index contributed by atoms with van der Waals surface area (Å²) in [5, 5.41) is 3.54. The first-order valence-corrected chi connectivity index (χ1v) is 6.05. The first kappa shape index (κ1) is 13.3. The van der Waals surface area contributed by atoms with E-state index in [0.717, 1.165) is 18.8 Å². The summed E-state index contributed by atoms with van der Waals surface area (Å²) in [6.07, 6.45) is 0. The molecule has 1 aromatic rings. The Morgan fingerprint density at radius 3 is 2.38 bits per heavy atom. The second-order valence-electron chi connectivity index (χ2n) is 4.24. The van der Waals surface area contributed by atoms with Crippen LogP contribution in [0.5, 0.6) is 5.75 Å². The second-order valence-corrected chi connectivity index (χ2v) is 4.80. The van der Waals surface area contributed by atoms with Crippen molar-refractivity contribution in [2.24, 2.45) is 5.92 Å². The van der Waals surface area contributed by atoms with Crippen molar-refractivity contribution in [1.29, 1.82) is 0 Å². The maximum atomic E-state index is 6.15. The molecule has 1 aromatic carbocycles. The molecule has 0 spiro atoms. The highest BCUT2D eigenvalue weighted by Gasteiger charge is 2.08. The van der Waals surface area contributed by atoms with Crippen LogP contribution in [-0.2, 0) is 6.54 Å². The Kier molecular flexibility index (Phi) is 5.64. The van der Waals surface area contributed by atoms with E-state index in [1.807, 2.05) is 12.1 Å². The van der Waals surface area contributed by atoms with E-state index in [9.17, 15) is 0 Å². The smallest absolute Gasteiger partial charge is 0.118 e. The molecule has 16 heavy (non-hydrogen) atoms. The minimum atomic E-state index is 0.193. The van der Waals surface area contributed by atoms with Gasteiger partial charge in [0, 0.05) is 18.5 Å². The number of hydrogen-bond acceptors (Lipinski definition) is 2. The van der Waals surface area contributed by atoms with E-state index >= 15 is 0 Å². The van der Waals surface area contributed by atoms with Crippen LogP contribution in [0.15, 0.2) is 24.3 Å². The van der Waals surface area contributed by atoms with Crippen molar-refractivity contribution >= 4 is 11.6 Å². The van der Waals surface area contributed by atoms with Gasteiger partial charge in [-0.25, -0.2) is 0 Å². The molecule has 0 aliphatic rings. The van der Waals surface area contributed by atoms with Gasteiger partial charge in [0.1, 0.15) is 5.75 Å². The van der Waals surface area contributed by atoms with Gasteiger partial charge in [-0.1, -0.05) is 26.0 Å². The average molecular weight is 242 g/mol. The van der Waals surface area contributed by atoms with Crippen LogP contribution in [0.25, 0.3) is 0 Å².